The van der Waals surface area contributed by atoms with Gasteiger partial charge in [0.1, 0.15) is 5.75 Å². The first-order chi connectivity index (χ1) is 8.56. The fourth-order valence-corrected chi connectivity index (χ4v) is 2.41. The lowest BCUT2D eigenvalue weighted by Crippen LogP contribution is -2.18. The zero-order valence-electron chi connectivity index (χ0n) is 10.9. The number of carbonyl (C=O) groups is 1. The van der Waals surface area contributed by atoms with Gasteiger partial charge in [0.15, 0.2) is 0 Å². The second-order valence-electron chi connectivity index (χ2n) is 5.09. The molecular formula is C14H20N2O2. The number of benzene rings is 1. The van der Waals surface area contributed by atoms with Crippen LogP contribution in [0.1, 0.15) is 24.0 Å². The summed E-state index contributed by atoms with van der Waals surface area (Å²) in [6.07, 6.45) is 1.56. The van der Waals surface area contributed by atoms with Crippen LogP contribution in [0, 0.1) is 19.8 Å². The van der Waals surface area contributed by atoms with E-state index in [1.807, 2.05) is 19.9 Å². The van der Waals surface area contributed by atoms with E-state index in [0.717, 1.165) is 30.6 Å². The molecule has 1 aliphatic heterocycles. The van der Waals surface area contributed by atoms with E-state index >= 15 is 0 Å². The molecule has 3 N–H and O–H groups in total. The van der Waals surface area contributed by atoms with E-state index in [-0.39, 0.29) is 11.7 Å². The topological polar surface area (TPSA) is 61.4 Å². The average Bonchev–Trinajstić information content (AvgIpc) is 2.77. The van der Waals surface area contributed by atoms with Crippen molar-refractivity contribution in [1.29, 1.82) is 0 Å². The van der Waals surface area contributed by atoms with Crippen LogP contribution in [0.15, 0.2) is 12.1 Å². The predicted octanol–water partition coefficient (Wildman–Crippen LogP) is 1.95. The molecule has 1 saturated heterocycles. The number of hydrogen-bond acceptors (Lipinski definition) is 3. The quantitative estimate of drug-likeness (QED) is 0.716. The average molecular weight is 248 g/mol. The van der Waals surface area contributed by atoms with E-state index < -0.39 is 0 Å². The van der Waals surface area contributed by atoms with Gasteiger partial charge in [-0.3, -0.25) is 4.79 Å². The SMILES string of the molecule is Cc1cc(C)c(O)c(NC(=O)CC2CCNC2)c1. The maximum absolute atomic E-state index is 11.9. The van der Waals surface area contributed by atoms with Crippen molar-refractivity contribution in [3.63, 3.8) is 0 Å². The number of hydrogen-bond donors (Lipinski definition) is 3. The summed E-state index contributed by atoms with van der Waals surface area (Å²) >= 11 is 0. The van der Waals surface area contributed by atoms with Gasteiger partial charge in [0, 0.05) is 6.42 Å². The van der Waals surface area contributed by atoms with Crippen LogP contribution in [0.25, 0.3) is 0 Å². The molecule has 1 aromatic rings. The number of anilines is 1. The molecule has 1 aromatic carbocycles. The molecule has 1 amide bonds. The first-order valence-electron chi connectivity index (χ1n) is 6.37. The lowest BCUT2D eigenvalue weighted by atomic mass is 10.0. The van der Waals surface area contributed by atoms with Gasteiger partial charge in [-0.15, -0.1) is 0 Å². The second-order valence-corrected chi connectivity index (χ2v) is 5.09. The number of aromatic hydroxyl groups is 1. The highest BCUT2D eigenvalue weighted by molar-refractivity contribution is 5.92. The fraction of sp³-hybridized carbons (Fsp3) is 0.500. The third-order valence-corrected chi connectivity index (χ3v) is 3.36. The minimum absolute atomic E-state index is 0.0241. The molecule has 4 heteroatoms. The van der Waals surface area contributed by atoms with Crippen molar-refractivity contribution in [3.05, 3.63) is 23.3 Å². The maximum atomic E-state index is 11.9. The minimum Gasteiger partial charge on any atom is -0.505 e. The summed E-state index contributed by atoms with van der Waals surface area (Å²) in [6.45, 7) is 5.68. The summed E-state index contributed by atoms with van der Waals surface area (Å²) in [5, 5.41) is 15.9. The van der Waals surface area contributed by atoms with Crippen LogP contribution in [0.2, 0.25) is 0 Å². The van der Waals surface area contributed by atoms with Gasteiger partial charge in [0.2, 0.25) is 5.91 Å². The molecule has 0 saturated carbocycles. The normalized spacial score (nSPS) is 18.9. The zero-order valence-corrected chi connectivity index (χ0v) is 10.9. The molecule has 2 rings (SSSR count). The van der Waals surface area contributed by atoms with Crippen LogP contribution in [0.3, 0.4) is 0 Å². The van der Waals surface area contributed by atoms with Gasteiger partial charge in [0.05, 0.1) is 5.69 Å². The largest absolute Gasteiger partial charge is 0.505 e. The van der Waals surface area contributed by atoms with Crippen LogP contribution < -0.4 is 10.6 Å². The lowest BCUT2D eigenvalue weighted by molar-refractivity contribution is -0.117. The van der Waals surface area contributed by atoms with Gasteiger partial charge in [-0.05, 0) is 56.5 Å². The maximum Gasteiger partial charge on any atom is 0.224 e. The number of carbonyl (C=O) groups excluding carboxylic acids is 1. The Morgan fingerprint density at radius 2 is 2.28 bits per heavy atom. The van der Waals surface area contributed by atoms with Crippen molar-refractivity contribution in [2.45, 2.75) is 26.7 Å². The summed E-state index contributed by atoms with van der Waals surface area (Å²) in [5.41, 5.74) is 2.33. The Morgan fingerprint density at radius 3 is 2.94 bits per heavy atom. The van der Waals surface area contributed by atoms with Gasteiger partial charge in [-0.2, -0.15) is 0 Å². The highest BCUT2D eigenvalue weighted by atomic mass is 16.3. The van der Waals surface area contributed by atoms with Crippen molar-refractivity contribution in [2.75, 3.05) is 18.4 Å². The molecule has 0 radical (unpaired) electrons. The van der Waals surface area contributed by atoms with E-state index in [9.17, 15) is 9.90 Å². The van der Waals surface area contributed by atoms with Crippen LogP contribution in [0.4, 0.5) is 5.69 Å². The summed E-state index contributed by atoms with van der Waals surface area (Å²) in [6, 6.07) is 3.69. The highest BCUT2D eigenvalue weighted by Gasteiger charge is 2.18. The number of amides is 1. The fourth-order valence-electron chi connectivity index (χ4n) is 2.41. The zero-order chi connectivity index (χ0) is 13.1. The van der Waals surface area contributed by atoms with Gasteiger partial charge in [0.25, 0.3) is 0 Å². The molecule has 0 aromatic heterocycles. The third kappa shape index (κ3) is 3.01. The Balaban J connectivity index is 2.02. The smallest absolute Gasteiger partial charge is 0.224 e. The second kappa shape index (κ2) is 5.40. The van der Waals surface area contributed by atoms with Crippen LogP contribution >= 0.6 is 0 Å². The standard InChI is InChI=1S/C14H20N2O2/c1-9-5-10(2)14(18)12(6-9)16-13(17)7-11-3-4-15-8-11/h5-6,11,15,18H,3-4,7-8H2,1-2H3,(H,16,17). The Morgan fingerprint density at radius 1 is 1.50 bits per heavy atom. The Hall–Kier alpha value is -1.55. The first-order valence-corrected chi connectivity index (χ1v) is 6.37. The van der Waals surface area contributed by atoms with Crippen molar-refractivity contribution < 1.29 is 9.90 Å². The molecule has 1 atom stereocenters. The predicted molar refractivity (Wildman–Crippen MR) is 71.8 cm³/mol. The number of phenolic OH excluding ortho intramolecular Hbond substituents is 1. The first kappa shape index (κ1) is 12.9. The highest BCUT2D eigenvalue weighted by Crippen LogP contribution is 2.29. The van der Waals surface area contributed by atoms with E-state index in [0.29, 0.717) is 18.0 Å². The monoisotopic (exact) mass is 248 g/mol. The van der Waals surface area contributed by atoms with Crippen LogP contribution in [0.5, 0.6) is 5.75 Å². The van der Waals surface area contributed by atoms with Crippen LogP contribution in [-0.2, 0) is 4.79 Å². The van der Waals surface area contributed by atoms with Crippen molar-refractivity contribution in [3.8, 4) is 5.75 Å². The van der Waals surface area contributed by atoms with E-state index in [4.69, 9.17) is 0 Å². The molecule has 1 aliphatic rings. The molecule has 1 fully saturated rings. The molecule has 1 heterocycles. The molecule has 0 spiro atoms. The van der Waals surface area contributed by atoms with Gasteiger partial charge in [-0.25, -0.2) is 0 Å². The third-order valence-electron chi connectivity index (χ3n) is 3.36. The molecular weight excluding hydrogens is 228 g/mol. The Kier molecular flexibility index (Phi) is 3.87. The van der Waals surface area contributed by atoms with Gasteiger partial charge < -0.3 is 15.7 Å². The summed E-state index contributed by atoms with van der Waals surface area (Å²) in [5.74, 6) is 0.556. The van der Waals surface area contributed by atoms with E-state index in [1.165, 1.54) is 0 Å². The lowest BCUT2D eigenvalue weighted by Gasteiger charge is -2.12. The van der Waals surface area contributed by atoms with Crippen molar-refractivity contribution in [2.24, 2.45) is 5.92 Å². The Labute approximate surface area is 107 Å². The van der Waals surface area contributed by atoms with E-state index in [2.05, 4.69) is 10.6 Å². The van der Waals surface area contributed by atoms with Crippen molar-refractivity contribution in [1.82, 2.24) is 5.32 Å². The Bertz CT molecular complexity index is 451. The molecule has 98 valence electrons. The molecule has 0 aliphatic carbocycles. The molecule has 18 heavy (non-hydrogen) atoms. The van der Waals surface area contributed by atoms with Crippen LogP contribution in [-0.4, -0.2) is 24.1 Å². The summed E-state index contributed by atoms with van der Waals surface area (Å²) in [7, 11) is 0. The van der Waals surface area contributed by atoms with Gasteiger partial charge in [-0.1, -0.05) is 6.07 Å². The molecule has 0 bridgehead atoms. The number of nitrogens with one attached hydrogen (secondary N) is 2. The summed E-state index contributed by atoms with van der Waals surface area (Å²) in [4.78, 5) is 11.9. The number of rotatable bonds is 3. The molecule has 4 nitrogen and oxygen atoms in total. The van der Waals surface area contributed by atoms with Crippen molar-refractivity contribution >= 4 is 11.6 Å². The molecule has 1 unspecified atom stereocenters. The summed E-state index contributed by atoms with van der Waals surface area (Å²) < 4.78 is 0. The number of aryl methyl sites for hydroxylation is 2. The van der Waals surface area contributed by atoms with E-state index in [1.54, 1.807) is 6.07 Å². The van der Waals surface area contributed by atoms with Gasteiger partial charge >= 0.3 is 0 Å². The minimum atomic E-state index is -0.0241. The number of phenols is 1.